The summed E-state index contributed by atoms with van der Waals surface area (Å²) in [7, 11) is 0. The van der Waals surface area contributed by atoms with Gasteiger partial charge in [-0.1, -0.05) is 36.4 Å². The van der Waals surface area contributed by atoms with E-state index in [0.717, 1.165) is 5.56 Å². The Morgan fingerprint density at radius 1 is 1.11 bits per heavy atom. The first-order valence-corrected chi connectivity index (χ1v) is 9.17. The van der Waals surface area contributed by atoms with Gasteiger partial charge in [0.25, 0.3) is 5.91 Å². The van der Waals surface area contributed by atoms with E-state index in [1.807, 2.05) is 54.6 Å². The van der Waals surface area contributed by atoms with E-state index in [9.17, 15) is 19.5 Å². The van der Waals surface area contributed by atoms with Gasteiger partial charge in [0.15, 0.2) is 0 Å². The number of carbonyl (C=O) groups excluding carboxylic acids is 2. The zero-order valence-electron chi connectivity index (χ0n) is 15.1. The molecule has 1 heterocycles. The van der Waals surface area contributed by atoms with Crippen molar-refractivity contribution in [1.82, 2.24) is 10.6 Å². The molecule has 4 rings (SSSR count). The van der Waals surface area contributed by atoms with E-state index in [4.69, 9.17) is 4.74 Å². The Morgan fingerprint density at radius 3 is 2.46 bits per heavy atom. The quantitative estimate of drug-likeness (QED) is 0.641. The van der Waals surface area contributed by atoms with Crippen LogP contribution < -0.4 is 15.4 Å². The molecular formula is C21H20N2O5. The van der Waals surface area contributed by atoms with Crippen molar-refractivity contribution in [2.75, 3.05) is 0 Å². The number of urea groups is 1. The van der Waals surface area contributed by atoms with Crippen molar-refractivity contribution >= 4 is 17.9 Å². The number of carboxylic acids is 1. The van der Waals surface area contributed by atoms with Crippen LogP contribution >= 0.6 is 0 Å². The summed E-state index contributed by atoms with van der Waals surface area (Å²) in [6.45, 7) is 0. The third kappa shape index (κ3) is 3.31. The van der Waals surface area contributed by atoms with E-state index < -0.39 is 35.3 Å². The number of para-hydroxylation sites is 2. The highest BCUT2D eigenvalue weighted by Gasteiger charge is 2.62. The number of carbonyl (C=O) groups is 3. The molecule has 1 aliphatic heterocycles. The van der Waals surface area contributed by atoms with Crippen LogP contribution in [-0.4, -0.2) is 28.6 Å². The second kappa shape index (κ2) is 6.99. The van der Waals surface area contributed by atoms with E-state index in [1.165, 1.54) is 0 Å². The fourth-order valence-electron chi connectivity index (χ4n) is 3.90. The Kier molecular flexibility index (Phi) is 4.50. The van der Waals surface area contributed by atoms with E-state index in [2.05, 4.69) is 10.6 Å². The van der Waals surface area contributed by atoms with Crippen molar-refractivity contribution in [3.63, 3.8) is 0 Å². The molecule has 28 heavy (non-hydrogen) atoms. The molecular weight excluding hydrogens is 360 g/mol. The van der Waals surface area contributed by atoms with Gasteiger partial charge in [-0.25, -0.2) is 4.79 Å². The first-order valence-electron chi connectivity index (χ1n) is 9.17. The van der Waals surface area contributed by atoms with Gasteiger partial charge in [0.1, 0.15) is 17.0 Å². The summed E-state index contributed by atoms with van der Waals surface area (Å²) in [4.78, 5) is 35.6. The molecule has 0 bridgehead atoms. The van der Waals surface area contributed by atoms with Crippen molar-refractivity contribution in [2.24, 2.45) is 11.8 Å². The first-order chi connectivity index (χ1) is 13.5. The zero-order valence-corrected chi connectivity index (χ0v) is 15.1. The summed E-state index contributed by atoms with van der Waals surface area (Å²) >= 11 is 0. The van der Waals surface area contributed by atoms with Gasteiger partial charge in [-0.15, -0.1) is 0 Å². The molecule has 0 spiro atoms. The maximum absolute atomic E-state index is 12.5. The SMILES string of the molecule is O=C1NC(=O)C(CCc2ccccc2Oc2ccccc2)([C@H]2C[C@@H]2C(=O)O)N1. The van der Waals surface area contributed by atoms with Gasteiger partial charge in [-0.2, -0.15) is 0 Å². The lowest BCUT2D eigenvalue weighted by molar-refractivity contribution is -0.139. The Morgan fingerprint density at radius 2 is 1.82 bits per heavy atom. The number of nitrogens with one attached hydrogen (secondary N) is 2. The highest BCUT2D eigenvalue weighted by molar-refractivity contribution is 6.08. The molecule has 1 unspecified atom stereocenters. The fourth-order valence-corrected chi connectivity index (χ4v) is 3.90. The molecule has 3 amide bonds. The van der Waals surface area contributed by atoms with Gasteiger partial charge in [0.2, 0.25) is 0 Å². The van der Waals surface area contributed by atoms with E-state index in [1.54, 1.807) is 0 Å². The van der Waals surface area contributed by atoms with E-state index >= 15 is 0 Å². The summed E-state index contributed by atoms with van der Waals surface area (Å²) in [5, 5.41) is 14.2. The van der Waals surface area contributed by atoms with Crippen LogP contribution in [0.4, 0.5) is 4.79 Å². The van der Waals surface area contributed by atoms with Crippen LogP contribution in [0, 0.1) is 11.8 Å². The maximum Gasteiger partial charge on any atom is 0.322 e. The van der Waals surface area contributed by atoms with Crippen LogP contribution in [0.15, 0.2) is 54.6 Å². The first kappa shape index (κ1) is 18.0. The molecule has 7 nitrogen and oxygen atoms in total. The molecule has 1 saturated carbocycles. The number of hydrogen-bond donors (Lipinski definition) is 3. The highest BCUT2D eigenvalue weighted by Crippen LogP contribution is 2.49. The Bertz CT molecular complexity index is 929. The van der Waals surface area contributed by atoms with Crippen molar-refractivity contribution in [3.05, 3.63) is 60.2 Å². The second-order valence-corrected chi connectivity index (χ2v) is 7.19. The molecule has 0 radical (unpaired) electrons. The van der Waals surface area contributed by atoms with Gasteiger partial charge in [0, 0.05) is 5.92 Å². The maximum atomic E-state index is 12.5. The van der Waals surface area contributed by atoms with Crippen LogP contribution in [0.1, 0.15) is 18.4 Å². The predicted molar refractivity (Wildman–Crippen MR) is 99.9 cm³/mol. The Balaban J connectivity index is 1.55. The molecule has 1 saturated heterocycles. The average Bonchev–Trinajstić information content (AvgIpc) is 3.43. The smallest absolute Gasteiger partial charge is 0.322 e. The summed E-state index contributed by atoms with van der Waals surface area (Å²) in [6, 6.07) is 16.3. The number of ether oxygens (including phenoxy) is 1. The molecule has 2 aromatic rings. The van der Waals surface area contributed by atoms with Crippen LogP contribution in [0.2, 0.25) is 0 Å². The lowest BCUT2D eigenvalue weighted by Crippen LogP contribution is -2.50. The van der Waals surface area contributed by atoms with Crippen molar-refractivity contribution in [2.45, 2.75) is 24.8 Å². The molecule has 144 valence electrons. The van der Waals surface area contributed by atoms with Crippen LogP contribution in [-0.2, 0) is 16.0 Å². The number of imide groups is 1. The number of aryl methyl sites for hydroxylation is 1. The summed E-state index contributed by atoms with van der Waals surface area (Å²) in [5.41, 5.74) is -0.313. The number of hydrogen-bond acceptors (Lipinski definition) is 4. The lowest BCUT2D eigenvalue weighted by Gasteiger charge is -2.26. The fraction of sp³-hybridized carbons (Fsp3) is 0.286. The van der Waals surface area contributed by atoms with Crippen molar-refractivity contribution in [1.29, 1.82) is 0 Å². The molecule has 7 heteroatoms. The number of rotatable bonds is 7. The average molecular weight is 380 g/mol. The lowest BCUT2D eigenvalue weighted by atomic mass is 9.85. The normalized spacial score (nSPS) is 25.7. The Labute approximate surface area is 161 Å². The molecule has 0 aromatic heterocycles. The van der Waals surface area contributed by atoms with Crippen LogP contribution in [0.5, 0.6) is 11.5 Å². The summed E-state index contributed by atoms with van der Waals surface area (Å²) < 4.78 is 5.96. The monoisotopic (exact) mass is 380 g/mol. The highest BCUT2D eigenvalue weighted by atomic mass is 16.5. The minimum Gasteiger partial charge on any atom is -0.481 e. The minimum atomic E-state index is -1.19. The third-order valence-electron chi connectivity index (χ3n) is 5.44. The topological polar surface area (TPSA) is 105 Å². The molecule has 2 aromatic carbocycles. The largest absolute Gasteiger partial charge is 0.481 e. The number of aliphatic carboxylic acids is 1. The Hall–Kier alpha value is -3.35. The van der Waals surface area contributed by atoms with Crippen molar-refractivity contribution < 1.29 is 24.2 Å². The number of benzene rings is 2. The minimum absolute atomic E-state index is 0.300. The summed E-state index contributed by atoms with van der Waals surface area (Å²) in [5.74, 6) is -1.04. The second-order valence-electron chi connectivity index (χ2n) is 7.19. The summed E-state index contributed by atoms with van der Waals surface area (Å²) in [6.07, 6.45) is 1.14. The van der Waals surface area contributed by atoms with Gasteiger partial charge in [-0.05, 0) is 43.0 Å². The molecule has 3 N–H and O–H groups in total. The van der Waals surface area contributed by atoms with Gasteiger partial charge in [0.05, 0.1) is 5.92 Å². The molecule has 2 aliphatic rings. The zero-order chi connectivity index (χ0) is 19.7. The number of carboxylic acid groups (broad SMARTS) is 1. The van der Waals surface area contributed by atoms with Gasteiger partial charge >= 0.3 is 12.0 Å². The van der Waals surface area contributed by atoms with Crippen LogP contribution in [0.25, 0.3) is 0 Å². The predicted octanol–water partition coefficient (Wildman–Crippen LogP) is 2.71. The van der Waals surface area contributed by atoms with Gasteiger partial charge < -0.3 is 15.2 Å². The standard InChI is InChI=1S/C21H20N2O5/c24-18(25)15-12-16(15)21(19(26)22-20(27)23-21)11-10-13-6-4-5-9-17(13)28-14-7-2-1-3-8-14/h1-9,15-16H,10-12H2,(H,24,25)(H2,22,23,26,27)/t15-,16-,21?/m0/s1. The third-order valence-corrected chi connectivity index (χ3v) is 5.44. The molecule has 2 fully saturated rings. The molecule has 3 atom stereocenters. The van der Waals surface area contributed by atoms with Gasteiger partial charge in [-0.3, -0.25) is 14.9 Å². The van der Waals surface area contributed by atoms with Crippen molar-refractivity contribution in [3.8, 4) is 11.5 Å². The van der Waals surface area contributed by atoms with E-state index in [0.29, 0.717) is 30.8 Å². The molecule has 1 aliphatic carbocycles. The van der Waals surface area contributed by atoms with Crippen LogP contribution in [0.3, 0.4) is 0 Å². The number of amides is 3. The van der Waals surface area contributed by atoms with E-state index in [-0.39, 0.29) is 0 Å².